The lowest BCUT2D eigenvalue weighted by Crippen LogP contribution is -2.36. The number of fused-ring (bicyclic) bond motifs is 1. The van der Waals surface area contributed by atoms with E-state index in [-0.39, 0.29) is 11.7 Å². The van der Waals surface area contributed by atoms with Gasteiger partial charge in [-0.3, -0.25) is 4.79 Å². The second kappa shape index (κ2) is 11.7. The Hall–Kier alpha value is -3.01. The van der Waals surface area contributed by atoms with E-state index in [1.54, 1.807) is 6.20 Å². The molecule has 2 aliphatic heterocycles. The number of likely N-dealkylation sites (tertiary alicyclic amines) is 1. The Balaban J connectivity index is 1.23. The van der Waals surface area contributed by atoms with Gasteiger partial charge in [-0.25, -0.2) is 18.4 Å². The van der Waals surface area contributed by atoms with Crippen LogP contribution in [0.15, 0.2) is 42.6 Å². The summed E-state index contributed by atoms with van der Waals surface area (Å²) >= 11 is 6.50. The highest BCUT2D eigenvalue weighted by Gasteiger charge is 2.39. The van der Waals surface area contributed by atoms with E-state index in [1.807, 2.05) is 26.0 Å². The molecule has 2 aromatic carbocycles. The van der Waals surface area contributed by atoms with Crippen molar-refractivity contribution in [3.05, 3.63) is 75.6 Å². The standard InChI is InChI=1S/C31H38ClN5O3S/c1-20-18-23(21-12-14-37(15-13-21)16-17-41(4,39)40)9-10-25(20)35-30-33-19-24(32)26(36-30)11-8-22-6-5-7-27-28(22)31(2,3)29(38)34-27/h5-7,9-10,18-19,21H,8,11-17H2,1-4H3,(H,34,38)(H,33,35,36). The Labute approximate surface area is 247 Å². The zero-order valence-corrected chi connectivity index (χ0v) is 25.7. The van der Waals surface area contributed by atoms with E-state index in [1.165, 1.54) is 11.8 Å². The van der Waals surface area contributed by atoms with E-state index in [0.29, 0.717) is 36.3 Å². The van der Waals surface area contributed by atoms with Gasteiger partial charge in [0.05, 0.1) is 28.1 Å². The van der Waals surface area contributed by atoms with Crippen LogP contribution in [0.2, 0.25) is 5.02 Å². The summed E-state index contributed by atoms with van der Waals surface area (Å²) in [4.78, 5) is 23.9. The first-order valence-electron chi connectivity index (χ1n) is 14.1. The smallest absolute Gasteiger partial charge is 0.234 e. The lowest BCUT2D eigenvalue weighted by atomic mass is 9.82. The van der Waals surface area contributed by atoms with Crippen molar-refractivity contribution in [3.63, 3.8) is 0 Å². The molecule has 10 heteroatoms. The van der Waals surface area contributed by atoms with Crippen LogP contribution in [-0.4, -0.2) is 60.8 Å². The van der Waals surface area contributed by atoms with Crippen molar-refractivity contribution < 1.29 is 13.2 Å². The van der Waals surface area contributed by atoms with Crippen LogP contribution in [0.4, 0.5) is 17.3 Å². The maximum atomic E-state index is 12.5. The number of nitrogens with one attached hydrogen (secondary N) is 2. The Morgan fingerprint density at radius 1 is 1.15 bits per heavy atom. The third-order valence-electron chi connectivity index (χ3n) is 8.37. The van der Waals surface area contributed by atoms with Crippen LogP contribution in [0.1, 0.15) is 60.6 Å². The van der Waals surface area contributed by atoms with Crippen molar-refractivity contribution in [2.75, 3.05) is 42.3 Å². The number of benzene rings is 2. The molecule has 1 aromatic heterocycles. The molecule has 2 aliphatic rings. The second-order valence-electron chi connectivity index (χ2n) is 11.9. The van der Waals surface area contributed by atoms with Crippen LogP contribution < -0.4 is 10.6 Å². The average molecular weight is 596 g/mol. The van der Waals surface area contributed by atoms with Crippen LogP contribution in [0.25, 0.3) is 0 Å². The molecule has 0 bridgehead atoms. The van der Waals surface area contributed by atoms with Crippen molar-refractivity contribution in [2.45, 2.75) is 57.8 Å². The number of hydrogen-bond acceptors (Lipinski definition) is 7. The van der Waals surface area contributed by atoms with Crippen molar-refractivity contribution >= 4 is 44.7 Å². The first kappa shape index (κ1) is 29.5. The van der Waals surface area contributed by atoms with Gasteiger partial charge in [-0.05, 0) is 99.8 Å². The molecule has 1 fully saturated rings. The minimum atomic E-state index is -2.93. The first-order chi connectivity index (χ1) is 19.4. The average Bonchev–Trinajstić information content (AvgIpc) is 3.17. The van der Waals surface area contributed by atoms with Gasteiger partial charge < -0.3 is 15.5 Å². The Morgan fingerprint density at radius 2 is 1.90 bits per heavy atom. The Kier molecular flexibility index (Phi) is 8.41. The fraction of sp³-hybridized carbons (Fsp3) is 0.452. The van der Waals surface area contributed by atoms with Crippen LogP contribution in [-0.2, 0) is 32.9 Å². The number of aromatic nitrogens is 2. The fourth-order valence-electron chi connectivity index (χ4n) is 5.92. The summed E-state index contributed by atoms with van der Waals surface area (Å²) in [6, 6.07) is 12.5. The van der Waals surface area contributed by atoms with Gasteiger partial charge in [0.1, 0.15) is 9.84 Å². The number of anilines is 3. The van der Waals surface area contributed by atoms with Gasteiger partial charge in [-0.15, -0.1) is 0 Å². The van der Waals surface area contributed by atoms with Crippen molar-refractivity contribution in [2.24, 2.45) is 0 Å². The molecule has 0 spiro atoms. The number of hydrogen-bond donors (Lipinski definition) is 2. The van der Waals surface area contributed by atoms with Gasteiger partial charge in [-0.1, -0.05) is 35.9 Å². The van der Waals surface area contributed by atoms with Gasteiger partial charge in [0, 0.05) is 24.2 Å². The Morgan fingerprint density at radius 3 is 2.61 bits per heavy atom. The zero-order chi connectivity index (χ0) is 29.4. The van der Waals surface area contributed by atoms with E-state index < -0.39 is 15.3 Å². The molecule has 41 heavy (non-hydrogen) atoms. The highest BCUT2D eigenvalue weighted by Crippen LogP contribution is 2.40. The molecule has 0 saturated carbocycles. The summed E-state index contributed by atoms with van der Waals surface area (Å²) in [5.74, 6) is 1.19. The number of nitrogens with zero attached hydrogens (tertiary/aromatic N) is 3. The van der Waals surface area contributed by atoms with Gasteiger partial charge in [0.15, 0.2) is 0 Å². The molecule has 218 valence electrons. The van der Waals surface area contributed by atoms with Gasteiger partial charge >= 0.3 is 0 Å². The summed E-state index contributed by atoms with van der Waals surface area (Å²) in [5, 5.41) is 6.88. The number of rotatable bonds is 9. The third-order valence-corrected chi connectivity index (χ3v) is 9.61. The lowest BCUT2D eigenvalue weighted by Gasteiger charge is -2.32. The molecule has 0 radical (unpaired) electrons. The number of sulfone groups is 1. The number of aryl methyl sites for hydroxylation is 3. The van der Waals surface area contributed by atoms with Gasteiger partial charge in [0.25, 0.3) is 0 Å². The second-order valence-corrected chi connectivity index (χ2v) is 14.5. The van der Waals surface area contributed by atoms with E-state index in [0.717, 1.165) is 59.7 Å². The van der Waals surface area contributed by atoms with Gasteiger partial charge in [0.2, 0.25) is 11.9 Å². The summed E-state index contributed by atoms with van der Waals surface area (Å²) in [6.07, 6.45) is 6.30. The number of carbonyl (C=O) groups is 1. The number of carbonyl (C=O) groups excluding carboxylic acids is 1. The fourth-order valence-corrected chi connectivity index (χ4v) is 6.70. The van der Waals surface area contributed by atoms with Crippen LogP contribution >= 0.6 is 11.6 Å². The van der Waals surface area contributed by atoms with Crippen molar-refractivity contribution in [3.8, 4) is 0 Å². The SMILES string of the molecule is Cc1cc(C2CCN(CCS(C)(=O)=O)CC2)ccc1Nc1ncc(Cl)c(CCc2cccc3c2C(C)(C)C(=O)N3)n1. The molecule has 5 rings (SSSR count). The number of halogens is 1. The molecule has 8 nitrogen and oxygen atoms in total. The van der Waals surface area contributed by atoms with Crippen LogP contribution in [0.5, 0.6) is 0 Å². The topological polar surface area (TPSA) is 104 Å². The molecule has 3 heterocycles. The summed E-state index contributed by atoms with van der Waals surface area (Å²) in [5.41, 5.74) is 6.58. The predicted octanol–water partition coefficient (Wildman–Crippen LogP) is 5.42. The maximum Gasteiger partial charge on any atom is 0.234 e. The highest BCUT2D eigenvalue weighted by molar-refractivity contribution is 7.90. The summed E-state index contributed by atoms with van der Waals surface area (Å²) in [7, 11) is -2.93. The predicted molar refractivity (Wildman–Crippen MR) is 165 cm³/mol. The van der Waals surface area contributed by atoms with E-state index in [4.69, 9.17) is 16.6 Å². The quantitative estimate of drug-likeness (QED) is 0.340. The molecule has 0 unspecified atom stereocenters. The third kappa shape index (κ3) is 6.74. The normalized spacial score (nSPS) is 17.3. The van der Waals surface area contributed by atoms with Crippen LogP contribution in [0.3, 0.4) is 0 Å². The lowest BCUT2D eigenvalue weighted by molar-refractivity contribution is -0.119. The van der Waals surface area contributed by atoms with Crippen LogP contribution in [0, 0.1) is 6.92 Å². The van der Waals surface area contributed by atoms with E-state index in [2.05, 4.69) is 51.7 Å². The summed E-state index contributed by atoms with van der Waals surface area (Å²) in [6.45, 7) is 8.43. The molecule has 2 N–H and O–H groups in total. The van der Waals surface area contributed by atoms with Crippen molar-refractivity contribution in [1.82, 2.24) is 14.9 Å². The molecule has 3 aromatic rings. The monoisotopic (exact) mass is 595 g/mol. The molecule has 1 saturated heterocycles. The Bertz CT molecular complexity index is 1570. The molecule has 0 aliphatic carbocycles. The number of piperidine rings is 1. The van der Waals surface area contributed by atoms with Gasteiger partial charge in [-0.2, -0.15) is 0 Å². The van der Waals surface area contributed by atoms with E-state index in [9.17, 15) is 13.2 Å². The minimum Gasteiger partial charge on any atom is -0.325 e. The van der Waals surface area contributed by atoms with Crippen molar-refractivity contribution in [1.29, 1.82) is 0 Å². The summed E-state index contributed by atoms with van der Waals surface area (Å²) < 4.78 is 23.0. The number of amides is 1. The zero-order valence-electron chi connectivity index (χ0n) is 24.1. The first-order valence-corrected chi connectivity index (χ1v) is 16.6. The molecule has 1 amide bonds. The highest BCUT2D eigenvalue weighted by atomic mass is 35.5. The maximum absolute atomic E-state index is 12.5. The minimum absolute atomic E-state index is 0.0166. The molecular weight excluding hydrogens is 558 g/mol. The molecule has 0 atom stereocenters. The molecular formula is C31H38ClN5O3S. The van der Waals surface area contributed by atoms with E-state index >= 15 is 0 Å². The largest absolute Gasteiger partial charge is 0.325 e.